The number of carbonyl (C=O) groups is 2. The first kappa shape index (κ1) is 29.3. The summed E-state index contributed by atoms with van der Waals surface area (Å²) in [5.74, 6) is -1.07. The smallest absolute Gasteiger partial charge is 0.328 e. The number of carboxylic acids is 1. The van der Waals surface area contributed by atoms with Crippen molar-refractivity contribution < 1.29 is 24.5 Å². The lowest BCUT2D eigenvalue weighted by Gasteiger charge is -2.17. The van der Waals surface area contributed by atoms with Crippen LogP contribution in [0.5, 0.6) is 0 Å². The molecule has 1 fully saturated rings. The van der Waals surface area contributed by atoms with Gasteiger partial charge in [-0.25, -0.2) is 19.8 Å². The minimum Gasteiger partial charge on any atom is -0.511 e. The predicted molar refractivity (Wildman–Crippen MR) is 170 cm³/mol. The zero-order chi connectivity index (χ0) is 31.4. The highest BCUT2D eigenvalue weighted by molar-refractivity contribution is 6.21. The van der Waals surface area contributed by atoms with Crippen LogP contribution in [-0.2, 0) is 14.3 Å². The Morgan fingerprint density at radius 2 is 1.77 bits per heavy atom. The number of carboxylic acid groups (broad SMARTS) is 1. The number of allylic oxidation sites excluding steroid dienone is 12. The fourth-order valence-electron chi connectivity index (χ4n) is 6.87. The van der Waals surface area contributed by atoms with Crippen molar-refractivity contribution >= 4 is 29.1 Å². The number of aliphatic hydroxyl groups is 1. The van der Waals surface area contributed by atoms with Crippen LogP contribution in [0.3, 0.4) is 0 Å². The molecule has 6 rings (SSSR count). The second kappa shape index (κ2) is 11.0. The van der Waals surface area contributed by atoms with Gasteiger partial charge in [-0.05, 0) is 80.2 Å². The highest BCUT2D eigenvalue weighted by Gasteiger charge is 2.41. The molecule has 226 valence electrons. The van der Waals surface area contributed by atoms with Gasteiger partial charge in [0.25, 0.3) is 0 Å². The number of fused-ring (bicyclic) bond motifs is 5. The standard InChI is InChI=1S/C35H36N4O5/c1-7-20-16(2)25-14-29-21(8-10-31(41)42)17(3)24(37-29)13-26-18(4)22(9-11-32(43)44-6)34(38-26)23-12-30(40)33-19(5)27(39-35(23)33)15-28(20)36-25/h8,10,13-15,18,22,38,40H,7,9,11-12H2,1-6H3,(H,41,42)/b10-8-,26-13?,28-15?,29-14?,34-23?/t18-,22-/m0/s1. The van der Waals surface area contributed by atoms with Crippen LogP contribution < -0.4 is 5.32 Å². The number of ether oxygens (including phenoxy) is 1. The number of methoxy groups -OCH3 is 1. The Hall–Kier alpha value is -4.79. The van der Waals surface area contributed by atoms with E-state index in [1.165, 1.54) is 7.11 Å². The minimum atomic E-state index is -1.04. The van der Waals surface area contributed by atoms with E-state index in [0.717, 1.165) is 91.4 Å². The molecule has 44 heavy (non-hydrogen) atoms. The summed E-state index contributed by atoms with van der Waals surface area (Å²) in [6, 6.07) is 0. The van der Waals surface area contributed by atoms with E-state index in [0.29, 0.717) is 18.5 Å². The molecule has 2 atom stereocenters. The molecule has 6 aliphatic rings. The topological polar surface area (TPSA) is 133 Å². The van der Waals surface area contributed by atoms with Gasteiger partial charge in [0, 0.05) is 58.9 Å². The number of aliphatic imine (C=N–C) groups is 3. The molecule has 0 aromatic carbocycles. The van der Waals surface area contributed by atoms with Gasteiger partial charge < -0.3 is 20.3 Å². The summed E-state index contributed by atoms with van der Waals surface area (Å²) in [6.45, 7) is 10.2. The summed E-state index contributed by atoms with van der Waals surface area (Å²) >= 11 is 0. The fraction of sp³-hybridized carbons (Fsp3) is 0.343. The number of carbonyl (C=O) groups excluding carboxylic acids is 1. The molecule has 0 unspecified atom stereocenters. The number of esters is 1. The molecule has 9 heteroatoms. The molecule has 0 spiro atoms. The Kier molecular flexibility index (Phi) is 7.35. The van der Waals surface area contributed by atoms with E-state index in [9.17, 15) is 19.8 Å². The van der Waals surface area contributed by atoms with Crippen molar-refractivity contribution in [3.8, 4) is 0 Å². The maximum atomic E-state index is 12.2. The van der Waals surface area contributed by atoms with Crippen molar-refractivity contribution in [1.29, 1.82) is 0 Å². The molecular weight excluding hydrogens is 556 g/mol. The maximum absolute atomic E-state index is 12.2. The first-order chi connectivity index (χ1) is 21.0. The number of nitrogens with one attached hydrogen (secondary N) is 1. The lowest BCUT2D eigenvalue weighted by atomic mass is 9.86. The third-order valence-electron chi connectivity index (χ3n) is 9.38. The summed E-state index contributed by atoms with van der Waals surface area (Å²) < 4.78 is 4.96. The Morgan fingerprint density at radius 3 is 2.48 bits per heavy atom. The monoisotopic (exact) mass is 592 g/mol. The Bertz CT molecular complexity index is 1810. The van der Waals surface area contributed by atoms with Gasteiger partial charge in [-0.1, -0.05) is 13.8 Å². The lowest BCUT2D eigenvalue weighted by molar-refractivity contribution is -0.141. The molecule has 5 heterocycles. The molecule has 0 amide bonds. The van der Waals surface area contributed by atoms with Crippen LogP contribution in [0.15, 0.2) is 119 Å². The molecule has 5 aliphatic heterocycles. The highest BCUT2D eigenvalue weighted by Crippen LogP contribution is 2.46. The SMILES string of the molecule is CCC1=C(C)C2=NC1=CC1=C(C)C3=C(O)CC(=C4NC(=CC5=NC(=C2)C(/C=C\C(=O)O)=C5C)[C@@H](C)[C@@H]4CCC(=O)OC)C3=N1. The van der Waals surface area contributed by atoms with Crippen molar-refractivity contribution in [3.63, 3.8) is 0 Å². The fourth-order valence-corrected chi connectivity index (χ4v) is 6.87. The van der Waals surface area contributed by atoms with E-state index in [1.54, 1.807) is 6.08 Å². The first-order valence-corrected chi connectivity index (χ1v) is 15.0. The van der Waals surface area contributed by atoms with Crippen LogP contribution in [0.1, 0.15) is 60.3 Å². The van der Waals surface area contributed by atoms with Crippen molar-refractivity contribution in [1.82, 2.24) is 5.32 Å². The Balaban J connectivity index is 1.60. The lowest BCUT2D eigenvalue weighted by Crippen LogP contribution is -2.16. The summed E-state index contributed by atoms with van der Waals surface area (Å²) in [5.41, 5.74) is 12.6. The number of hydrogen-bond acceptors (Lipinski definition) is 8. The predicted octanol–water partition coefficient (Wildman–Crippen LogP) is 6.25. The van der Waals surface area contributed by atoms with E-state index in [2.05, 4.69) is 19.2 Å². The van der Waals surface area contributed by atoms with E-state index in [-0.39, 0.29) is 30.0 Å². The Labute approximate surface area is 256 Å². The van der Waals surface area contributed by atoms with Crippen LogP contribution in [0, 0.1) is 11.8 Å². The van der Waals surface area contributed by atoms with Gasteiger partial charge in [0.2, 0.25) is 0 Å². The first-order valence-electron chi connectivity index (χ1n) is 15.0. The van der Waals surface area contributed by atoms with Gasteiger partial charge in [-0.2, -0.15) is 0 Å². The minimum absolute atomic E-state index is 0.000833. The number of nitrogens with zero attached hydrogens (tertiary/aromatic N) is 3. The average molecular weight is 593 g/mol. The quantitative estimate of drug-likeness (QED) is 0.247. The van der Waals surface area contributed by atoms with Crippen LogP contribution in [0.25, 0.3) is 0 Å². The van der Waals surface area contributed by atoms with E-state index < -0.39 is 5.97 Å². The van der Waals surface area contributed by atoms with Crippen molar-refractivity contribution in [2.45, 2.75) is 60.3 Å². The van der Waals surface area contributed by atoms with Crippen LogP contribution in [0.4, 0.5) is 0 Å². The molecule has 1 saturated heterocycles. The van der Waals surface area contributed by atoms with E-state index in [1.807, 2.05) is 39.0 Å². The van der Waals surface area contributed by atoms with Gasteiger partial charge in [0.1, 0.15) is 5.76 Å². The second-order valence-corrected chi connectivity index (χ2v) is 11.8. The van der Waals surface area contributed by atoms with Crippen molar-refractivity contribution in [2.24, 2.45) is 26.8 Å². The Morgan fingerprint density at radius 1 is 1.05 bits per heavy atom. The zero-order valence-corrected chi connectivity index (χ0v) is 25.8. The van der Waals surface area contributed by atoms with Crippen molar-refractivity contribution in [3.05, 3.63) is 104 Å². The number of aliphatic carboxylic acids is 1. The third kappa shape index (κ3) is 4.76. The van der Waals surface area contributed by atoms with E-state index >= 15 is 0 Å². The number of rotatable bonds is 6. The van der Waals surface area contributed by atoms with Crippen LogP contribution in [0.2, 0.25) is 0 Å². The van der Waals surface area contributed by atoms with Crippen molar-refractivity contribution in [2.75, 3.05) is 7.11 Å². The second-order valence-electron chi connectivity index (χ2n) is 11.8. The third-order valence-corrected chi connectivity index (χ3v) is 9.38. The molecule has 0 aromatic rings. The number of hydrogen-bond donors (Lipinski definition) is 3. The van der Waals surface area contributed by atoms with E-state index in [4.69, 9.17) is 19.7 Å². The van der Waals surface area contributed by atoms with Gasteiger partial charge in [-0.15, -0.1) is 0 Å². The summed E-state index contributed by atoms with van der Waals surface area (Å²) in [5, 5.41) is 24.3. The van der Waals surface area contributed by atoms with Gasteiger partial charge in [-0.3, -0.25) is 4.79 Å². The summed E-state index contributed by atoms with van der Waals surface area (Å²) in [4.78, 5) is 38.7. The van der Waals surface area contributed by atoms with Crippen LogP contribution in [-0.4, -0.2) is 46.4 Å². The molecule has 0 aromatic heterocycles. The maximum Gasteiger partial charge on any atom is 0.328 e. The molecule has 9 nitrogen and oxygen atoms in total. The normalized spacial score (nSPS) is 24.2. The molecule has 8 bridgehead atoms. The van der Waals surface area contributed by atoms with Gasteiger partial charge in [0.05, 0.1) is 41.3 Å². The largest absolute Gasteiger partial charge is 0.511 e. The zero-order valence-electron chi connectivity index (χ0n) is 25.8. The average Bonchev–Trinajstić information content (AvgIpc) is 3.73. The molecule has 3 N–H and O–H groups in total. The van der Waals surface area contributed by atoms with Gasteiger partial charge >= 0.3 is 11.9 Å². The summed E-state index contributed by atoms with van der Waals surface area (Å²) in [7, 11) is 1.39. The highest BCUT2D eigenvalue weighted by atomic mass is 16.5. The molecule has 0 saturated carbocycles. The summed E-state index contributed by atoms with van der Waals surface area (Å²) in [6.07, 6.45) is 10.6. The molecule has 0 radical (unpaired) electrons. The van der Waals surface area contributed by atoms with Gasteiger partial charge in [0.15, 0.2) is 0 Å². The molecular formula is C35H36N4O5. The molecule has 1 aliphatic carbocycles. The number of aliphatic hydroxyl groups excluding tert-OH is 1. The van der Waals surface area contributed by atoms with Crippen LogP contribution >= 0.6 is 0 Å².